The van der Waals surface area contributed by atoms with Gasteiger partial charge in [0.1, 0.15) is 48.3 Å². The molecule has 9 amide bonds. The van der Waals surface area contributed by atoms with Crippen LogP contribution >= 0.6 is 0 Å². The Morgan fingerprint density at radius 3 is 0.633 bits per heavy atom. The number of hydrogen-bond acceptors (Lipinski definition) is 19. The number of hydrogen-bond donors (Lipinski definition) is 35. The van der Waals surface area contributed by atoms with Gasteiger partial charge in [-0.1, -0.05) is 103 Å². The van der Waals surface area contributed by atoms with Crippen LogP contribution in [0.25, 0.3) is 90.9 Å². The van der Waals surface area contributed by atoms with Crippen LogP contribution in [0.15, 0.2) is 140 Å². The molecule has 0 saturated heterocycles. The van der Waals surface area contributed by atoms with Crippen molar-refractivity contribution in [2.45, 2.75) is 151 Å². The van der Waals surface area contributed by atoms with Crippen molar-refractivity contribution in [3.05, 3.63) is 168 Å². The predicted octanol–water partition coefficient (Wildman–Crippen LogP) is 0.407. The number of amides is 9. The molecule has 4 aromatic carbocycles. The number of aromatic nitrogens is 4. The Bertz CT molecular complexity index is 5750. The molecule has 46 heteroatoms. The minimum atomic E-state index is -1.60. The number of H-pyrrole nitrogens is 2. The number of carbonyl (C=O) groups is 9. The summed E-state index contributed by atoms with van der Waals surface area (Å²) >= 11 is 0. The molecular weight excluding hydrogens is 1780 g/mol. The van der Waals surface area contributed by atoms with E-state index in [1.54, 1.807) is 24.3 Å². The highest BCUT2D eigenvalue weighted by Gasteiger charge is 2.36. The van der Waals surface area contributed by atoms with Gasteiger partial charge in [0, 0.05) is 102 Å². The van der Waals surface area contributed by atoms with E-state index in [-0.39, 0.29) is 179 Å². The van der Waals surface area contributed by atoms with Crippen LogP contribution in [0.2, 0.25) is 0 Å². The molecule has 5 heterocycles. The van der Waals surface area contributed by atoms with Crippen molar-refractivity contribution in [2.24, 2.45) is 51.6 Å². The van der Waals surface area contributed by atoms with Crippen LogP contribution < -0.4 is 137 Å². The van der Waals surface area contributed by atoms with Gasteiger partial charge in [-0.15, -0.1) is 0 Å². The fraction of sp³-hybridized carbons (Fsp3) is 0.344. The quantitative estimate of drug-likeness (QED) is 0.0139. The molecule has 139 heavy (non-hydrogen) atoms. The van der Waals surface area contributed by atoms with Gasteiger partial charge in [0.25, 0.3) is 5.91 Å². The van der Waals surface area contributed by atoms with Gasteiger partial charge in [0.05, 0.1) is 22.8 Å². The Morgan fingerprint density at radius 2 is 0.432 bits per heavy atom. The lowest BCUT2D eigenvalue weighted by atomic mass is 10.0. The molecule has 0 unspecified atom stereocenters. The Balaban J connectivity index is 1.02. The molecule has 44 N–H and O–H groups in total. The molecule has 0 saturated carbocycles. The van der Waals surface area contributed by atoms with Crippen molar-refractivity contribution in [2.75, 3.05) is 52.4 Å². The topological polar surface area (TPSA) is 828 Å². The molecular formula is C93H127N37O9. The van der Waals surface area contributed by atoms with Gasteiger partial charge >= 0.3 is 0 Å². The number of fused-ring (bicyclic) bond motifs is 8. The maximum Gasteiger partial charge on any atom is 0.251 e. The third-order valence-corrected chi connectivity index (χ3v) is 22.3. The second-order valence-corrected chi connectivity index (χ2v) is 32.9. The molecule has 7 aromatic rings. The van der Waals surface area contributed by atoms with Gasteiger partial charge in [-0.25, -0.2) is 9.97 Å². The summed E-state index contributed by atoms with van der Waals surface area (Å²) in [5, 5.41) is 105. The summed E-state index contributed by atoms with van der Waals surface area (Å²) in [5.41, 5.74) is 63.0. The molecule has 0 spiro atoms. The third-order valence-electron chi connectivity index (χ3n) is 22.3. The largest absolute Gasteiger partial charge is 0.370 e. The van der Waals surface area contributed by atoms with E-state index in [1.165, 1.54) is 0 Å². The molecule has 8 bridgehead atoms. The van der Waals surface area contributed by atoms with Gasteiger partial charge in [-0.05, 0) is 186 Å². The van der Waals surface area contributed by atoms with Crippen molar-refractivity contribution in [1.82, 2.24) is 105 Å². The number of benzene rings is 4. The van der Waals surface area contributed by atoms with Crippen molar-refractivity contribution in [3.8, 4) is 44.5 Å². The van der Waals surface area contributed by atoms with Crippen molar-refractivity contribution in [1.29, 1.82) is 43.3 Å². The van der Waals surface area contributed by atoms with Crippen LogP contribution in [0.1, 0.15) is 136 Å². The molecule has 8 atom stereocenters. The summed E-state index contributed by atoms with van der Waals surface area (Å²) in [6.45, 7) is 0.181. The molecule has 0 fully saturated rings. The van der Waals surface area contributed by atoms with Crippen LogP contribution in [0.4, 0.5) is 0 Å². The predicted molar refractivity (Wildman–Crippen MR) is 538 cm³/mol. The van der Waals surface area contributed by atoms with Crippen LogP contribution in [-0.2, 0) is 38.4 Å². The zero-order valence-corrected chi connectivity index (χ0v) is 76.9. The van der Waals surface area contributed by atoms with E-state index in [1.807, 2.05) is 121 Å². The minimum Gasteiger partial charge on any atom is -0.370 e. The van der Waals surface area contributed by atoms with E-state index >= 15 is 19.2 Å². The van der Waals surface area contributed by atoms with E-state index in [0.29, 0.717) is 33.7 Å². The molecule has 3 aromatic heterocycles. The van der Waals surface area contributed by atoms with Gasteiger partial charge in [0.2, 0.25) is 47.3 Å². The van der Waals surface area contributed by atoms with E-state index in [0.717, 1.165) is 55.6 Å². The highest BCUT2D eigenvalue weighted by atomic mass is 16.2. The molecule has 9 rings (SSSR count). The van der Waals surface area contributed by atoms with Gasteiger partial charge in [0.15, 0.2) is 47.7 Å². The fourth-order valence-corrected chi connectivity index (χ4v) is 15.6. The first-order chi connectivity index (χ1) is 66.7. The van der Waals surface area contributed by atoms with Crippen molar-refractivity contribution < 1.29 is 43.2 Å². The molecule has 46 nitrogen and oxygen atoms in total. The summed E-state index contributed by atoms with van der Waals surface area (Å²) in [6, 6.07) is 32.8. The maximum atomic E-state index is 15.3. The zero-order chi connectivity index (χ0) is 100. The first-order valence-electron chi connectivity index (χ1n) is 45.5. The summed E-state index contributed by atoms with van der Waals surface area (Å²) < 4.78 is 0. The molecule has 2 aliphatic rings. The average Bonchev–Trinajstić information content (AvgIpc) is 1.61. The van der Waals surface area contributed by atoms with Crippen molar-refractivity contribution in [3.63, 3.8) is 0 Å². The number of aromatic amines is 2. The Morgan fingerprint density at radius 1 is 0.245 bits per heavy atom. The third kappa shape index (κ3) is 33.8. The second kappa shape index (κ2) is 53.7. The number of primary amides is 1. The molecule has 0 aliphatic carbocycles. The monoisotopic (exact) mass is 1910 g/mol. The van der Waals surface area contributed by atoms with Crippen LogP contribution in [0.5, 0.6) is 0 Å². The lowest BCUT2D eigenvalue weighted by Crippen LogP contribution is -2.60. The number of carbonyl (C=O) groups excluding carboxylic acids is 9. The van der Waals surface area contributed by atoms with Gasteiger partial charge in [-0.3, -0.25) is 86.4 Å². The summed E-state index contributed by atoms with van der Waals surface area (Å²) in [6.07, 6.45) is 7.20. The number of nitrogens with zero attached hydrogens (tertiary/aromatic N) is 2. The Labute approximate surface area is 802 Å². The van der Waals surface area contributed by atoms with E-state index < -0.39 is 131 Å². The van der Waals surface area contributed by atoms with E-state index in [9.17, 15) is 24.0 Å². The number of nitrogens with two attached hydrogens (primary N) is 9. The van der Waals surface area contributed by atoms with Gasteiger partial charge < -0.3 is 147 Å². The second-order valence-electron chi connectivity index (χ2n) is 32.9. The van der Waals surface area contributed by atoms with E-state index in [2.05, 4.69) is 113 Å². The summed E-state index contributed by atoms with van der Waals surface area (Å²) in [4.78, 5) is 151. The van der Waals surface area contributed by atoms with Crippen molar-refractivity contribution >= 4 is 147 Å². The SMILES string of the molecule is N=C(N)NCCC[C@H](NC(=O)[C@H](CCCNC(=N)N)NC(=O)[C@H](CCCNC(=N)N)NC(=O)[C@H](CCCNC(=N)N)NC(=O)[C@H](CCCNC(=N)N)NC(=O)[C@H](CCCNC(=N)N)NC(=O)[C@H](CCCNC(=N)N)NC(=O)[C@H](CCCNC(=N)N)NC(=O)c1ccc(-c2c3nc(c(-c4ccccc4)c4ccc([nH]4)c(-c4ccccc4)c4nc(c(-c5ccccc5)c5ccc2[nH]5)C=C4)C=C3)cc1)C(N)=O. The molecule has 0 radical (unpaired) electrons. The summed E-state index contributed by atoms with van der Waals surface area (Å²) in [7, 11) is 0. The first kappa shape index (κ1) is 106. The zero-order valence-electron chi connectivity index (χ0n) is 76.9. The van der Waals surface area contributed by atoms with E-state index in [4.69, 9.17) is 105 Å². The Kier molecular flexibility index (Phi) is 40.8. The fourth-order valence-electron chi connectivity index (χ4n) is 15.6. The van der Waals surface area contributed by atoms with Crippen LogP contribution in [-0.4, -0.2) is 221 Å². The normalized spacial score (nSPS) is 12.9. The molecule has 738 valence electrons. The highest BCUT2D eigenvalue weighted by Crippen LogP contribution is 2.39. The van der Waals surface area contributed by atoms with Crippen LogP contribution in [0.3, 0.4) is 0 Å². The van der Waals surface area contributed by atoms with Gasteiger partial charge in [-0.2, -0.15) is 0 Å². The minimum absolute atomic E-state index is 0.000284. The first-order valence-corrected chi connectivity index (χ1v) is 45.5. The van der Waals surface area contributed by atoms with Crippen LogP contribution in [0, 0.1) is 43.3 Å². The highest BCUT2D eigenvalue weighted by molar-refractivity contribution is 6.04. The number of nitrogens with one attached hydrogen (secondary N) is 26. The Hall–Kier alpha value is -17.1. The smallest absolute Gasteiger partial charge is 0.251 e. The number of guanidine groups is 8. The molecule has 2 aliphatic heterocycles. The number of rotatable bonds is 53. The standard InChI is InChI=1S/C93H127N37O9/c94-77(131)65(24-10-44-111-86(95)96)123-79(133)67(26-12-46-113-88(99)100)125-81(135)69(28-14-48-115-90(103)104)127-83(137)71(30-16-50-117-92(107)108)129-85(139)72(31-17-51-118-93(109)110)130-84(138)70(29-15-49-116-91(105)106)128-82(136)68(27-13-47-114-89(101)102)126-80(134)66(25-11-45-112-87(97)98)124-78(132)56-34-32-55(33-35-56)76-63-42-40-61(121-63)74(53-20-6-2-7-21-53)59-38-36-57(119-59)73(52-18-4-1-5-19-52)58-37-39-60(120-58)75(54-22-8-3-9-23-54)62-41-43-64(76)122-62/h1-9,18-23,32-43,65-72,119,122H,10-17,24-31,44-51H2,(H2,94,131)(H,123,133)(H,124,132)(H,125,135)(H,126,134)(H,127,137)(H,128,136)(H,129,139)(H,130,138)(H4,95,96,111)(H4,97,98,112)(H4,99,100,113)(H4,101,102,114)(H4,103,104,115)(H4,105,106,116)(H4,107,108,117)(H4,109,110,118)/t65-,66-,67-,68-,69-,70-,71-,72-/m0/s1. The average molecular weight is 1910 g/mol. The summed E-state index contributed by atoms with van der Waals surface area (Å²) in [5.74, 6) is -11.5. The maximum absolute atomic E-state index is 15.3. The lowest BCUT2D eigenvalue weighted by molar-refractivity contribution is -0.136. The lowest BCUT2D eigenvalue weighted by Gasteiger charge is -2.28.